The lowest BCUT2D eigenvalue weighted by molar-refractivity contribution is 0.282. The molecule has 0 saturated carbocycles. The minimum atomic E-state index is 0.442. The van der Waals surface area contributed by atoms with Gasteiger partial charge in [-0.3, -0.25) is 0 Å². The summed E-state index contributed by atoms with van der Waals surface area (Å²) in [7, 11) is 1.65. The van der Waals surface area contributed by atoms with Crippen LogP contribution in [0.1, 0.15) is 17.5 Å². The van der Waals surface area contributed by atoms with Crippen molar-refractivity contribution in [2.45, 2.75) is 26.1 Å². The molecule has 0 aliphatic rings. The molecule has 0 unspecified atom stereocenters. The van der Waals surface area contributed by atoms with Crippen LogP contribution in [0.2, 0.25) is 5.02 Å². The second-order valence-corrected chi connectivity index (χ2v) is 7.65. The van der Waals surface area contributed by atoms with Gasteiger partial charge < -0.3 is 19.4 Å². The van der Waals surface area contributed by atoms with Gasteiger partial charge in [0.2, 0.25) is 0 Å². The van der Waals surface area contributed by atoms with Crippen LogP contribution in [-0.2, 0) is 19.7 Å². The molecule has 0 aliphatic heterocycles. The zero-order valence-corrected chi connectivity index (χ0v) is 18.0. The molecule has 0 aliphatic carbocycles. The minimum absolute atomic E-state index is 0.442. The fourth-order valence-corrected chi connectivity index (χ4v) is 3.52. The van der Waals surface area contributed by atoms with Crippen molar-refractivity contribution in [1.82, 2.24) is 14.9 Å². The number of methoxy groups -OCH3 is 1. The maximum Gasteiger partial charge on any atom is 0.175 e. The third-order valence-corrected chi connectivity index (χ3v) is 5.08. The van der Waals surface area contributed by atoms with Crippen molar-refractivity contribution in [2.75, 3.05) is 13.7 Å². The van der Waals surface area contributed by atoms with Crippen LogP contribution in [0.15, 0.2) is 59.6 Å². The molecule has 0 bridgehead atoms. The van der Waals surface area contributed by atoms with Gasteiger partial charge in [0.05, 0.1) is 17.9 Å². The van der Waals surface area contributed by atoms with Crippen LogP contribution >= 0.6 is 27.5 Å². The van der Waals surface area contributed by atoms with Gasteiger partial charge in [-0.15, -0.1) is 0 Å². The van der Waals surface area contributed by atoms with E-state index in [2.05, 4.69) is 36.9 Å². The van der Waals surface area contributed by atoms with E-state index in [0.29, 0.717) is 23.1 Å². The lowest BCUT2D eigenvalue weighted by Gasteiger charge is -2.15. The van der Waals surface area contributed by atoms with E-state index in [4.69, 9.17) is 21.1 Å². The van der Waals surface area contributed by atoms with Crippen LogP contribution in [0.3, 0.4) is 0 Å². The summed E-state index contributed by atoms with van der Waals surface area (Å²) in [6.45, 7) is 3.08. The summed E-state index contributed by atoms with van der Waals surface area (Å²) >= 11 is 9.54. The molecular weight excluding hydrogens is 442 g/mol. The Morgan fingerprint density at radius 1 is 1.18 bits per heavy atom. The molecule has 0 spiro atoms. The number of nitrogens with one attached hydrogen (secondary N) is 1. The van der Waals surface area contributed by atoms with E-state index in [9.17, 15) is 0 Å². The largest absolute Gasteiger partial charge is 0.493 e. The quantitative estimate of drug-likeness (QED) is 0.426. The predicted molar refractivity (Wildman–Crippen MR) is 115 cm³/mol. The number of benzene rings is 2. The van der Waals surface area contributed by atoms with Gasteiger partial charge >= 0.3 is 0 Å². The maximum absolute atomic E-state index is 5.98. The molecule has 0 atom stereocenters. The van der Waals surface area contributed by atoms with Crippen LogP contribution in [0, 0.1) is 0 Å². The van der Waals surface area contributed by atoms with Gasteiger partial charge in [-0.25, -0.2) is 4.98 Å². The van der Waals surface area contributed by atoms with Gasteiger partial charge in [0.1, 0.15) is 6.61 Å². The van der Waals surface area contributed by atoms with E-state index in [0.717, 1.165) is 41.7 Å². The smallest absolute Gasteiger partial charge is 0.175 e. The summed E-state index contributed by atoms with van der Waals surface area (Å²) in [5.41, 5.74) is 2.17. The first-order chi connectivity index (χ1) is 13.7. The number of hydrogen-bond acceptors (Lipinski definition) is 4. The molecule has 0 radical (unpaired) electrons. The number of aryl methyl sites for hydroxylation is 1. The minimum Gasteiger partial charge on any atom is -0.493 e. The van der Waals surface area contributed by atoms with Crippen molar-refractivity contribution in [3.05, 3.63) is 75.7 Å². The second kappa shape index (κ2) is 10.5. The van der Waals surface area contributed by atoms with E-state index in [1.54, 1.807) is 13.3 Å². The van der Waals surface area contributed by atoms with E-state index >= 15 is 0 Å². The fourth-order valence-electron chi connectivity index (χ4n) is 2.79. The lowest BCUT2D eigenvalue weighted by atomic mass is 10.2. The van der Waals surface area contributed by atoms with E-state index in [1.807, 2.05) is 42.9 Å². The summed E-state index contributed by atoms with van der Waals surface area (Å²) in [4.78, 5) is 4.05. The summed E-state index contributed by atoms with van der Waals surface area (Å²) in [5.74, 6) is 1.40. The first-order valence-corrected chi connectivity index (χ1v) is 10.2. The molecule has 148 valence electrons. The average Bonchev–Trinajstić information content (AvgIpc) is 3.21. The molecule has 3 aromatic rings. The standard InChI is InChI=1S/C21H23BrClN3O2/c1-27-20-12-17(13-24-7-2-9-26-10-8-25-15-26)11-19(22)21(20)28-14-16-3-5-18(23)6-4-16/h3-6,8,10-12,15,24H,2,7,9,13-14H2,1H3. The van der Waals surface area contributed by atoms with Crippen molar-refractivity contribution >= 4 is 27.5 Å². The van der Waals surface area contributed by atoms with E-state index < -0.39 is 0 Å². The van der Waals surface area contributed by atoms with Gasteiger partial charge in [-0.2, -0.15) is 0 Å². The van der Waals surface area contributed by atoms with Crippen LogP contribution in [-0.4, -0.2) is 23.2 Å². The Bertz CT molecular complexity index is 870. The fraction of sp³-hybridized carbons (Fsp3) is 0.286. The Labute approximate surface area is 178 Å². The monoisotopic (exact) mass is 463 g/mol. The number of hydrogen-bond donors (Lipinski definition) is 1. The Balaban J connectivity index is 1.53. The van der Waals surface area contributed by atoms with Crippen molar-refractivity contribution < 1.29 is 9.47 Å². The predicted octanol–water partition coefficient (Wildman–Crippen LogP) is 5.07. The summed E-state index contributed by atoms with van der Waals surface area (Å²) in [5, 5.41) is 4.17. The number of rotatable bonds is 10. The van der Waals surface area contributed by atoms with Crippen LogP contribution in [0.5, 0.6) is 11.5 Å². The molecule has 28 heavy (non-hydrogen) atoms. The molecule has 1 heterocycles. The molecule has 0 fully saturated rings. The number of ether oxygens (including phenoxy) is 2. The molecular formula is C21H23BrClN3O2. The van der Waals surface area contributed by atoms with Crippen LogP contribution in [0.4, 0.5) is 0 Å². The van der Waals surface area contributed by atoms with E-state index in [-0.39, 0.29) is 0 Å². The topological polar surface area (TPSA) is 48.3 Å². The third-order valence-electron chi connectivity index (χ3n) is 4.24. The van der Waals surface area contributed by atoms with Crippen molar-refractivity contribution in [2.24, 2.45) is 0 Å². The normalized spacial score (nSPS) is 10.8. The summed E-state index contributed by atoms with van der Waals surface area (Å²) in [6, 6.07) is 11.7. The molecule has 7 heteroatoms. The number of halogens is 2. The molecule has 2 aromatic carbocycles. The van der Waals surface area contributed by atoms with Crippen LogP contribution in [0.25, 0.3) is 0 Å². The van der Waals surface area contributed by atoms with Crippen molar-refractivity contribution in [1.29, 1.82) is 0 Å². The first kappa shape index (κ1) is 20.7. The Kier molecular flexibility index (Phi) is 7.77. The number of imidazole rings is 1. The highest BCUT2D eigenvalue weighted by molar-refractivity contribution is 9.10. The highest BCUT2D eigenvalue weighted by Gasteiger charge is 2.12. The Morgan fingerprint density at radius 3 is 2.71 bits per heavy atom. The van der Waals surface area contributed by atoms with Gasteiger partial charge in [-0.05, 0) is 64.3 Å². The molecule has 0 amide bonds. The first-order valence-electron chi connectivity index (χ1n) is 9.06. The molecule has 1 N–H and O–H groups in total. The Morgan fingerprint density at radius 2 is 2.00 bits per heavy atom. The number of aromatic nitrogens is 2. The van der Waals surface area contributed by atoms with Gasteiger partial charge in [0.25, 0.3) is 0 Å². The van der Waals surface area contributed by atoms with Crippen molar-refractivity contribution in [3.63, 3.8) is 0 Å². The summed E-state index contributed by atoms with van der Waals surface area (Å²) < 4.78 is 14.5. The van der Waals surface area contributed by atoms with Gasteiger partial charge in [0, 0.05) is 30.5 Å². The van der Waals surface area contributed by atoms with Gasteiger partial charge in [-0.1, -0.05) is 23.7 Å². The number of nitrogens with zero attached hydrogens (tertiary/aromatic N) is 2. The molecule has 5 nitrogen and oxygen atoms in total. The second-order valence-electron chi connectivity index (χ2n) is 6.36. The molecule has 1 aromatic heterocycles. The highest BCUT2D eigenvalue weighted by Crippen LogP contribution is 2.37. The van der Waals surface area contributed by atoms with Crippen molar-refractivity contribution in [3.8, 4) is 11.5 Å². The summed E-state index contributed by atoms with van der Waals surface area (Å²) in [6.07, 6.45) is 6.65. The average molecular weight is 465 g/mol. The lowest BCUT2D eigenvalue weighted by Crippen LogP contribution is -2.16. The SMILES string of the molecule is COc1cc(CNCCCn2ccnc2)cc(Br)c1OCc1ccc(Cl)cc1. The zero-order valence-electron chi connectivity index (χ0n) is 15.7. The van der Waals surface area contributed by atoms with E-state index in [1.165, 1.54) is 0 Å². The molecule has 3 rings (SSSR count). The zero-order chi connectivity index (χ0) is 19.8. The molecule has 0 saturated heterocycles. The Hall–Kier alpha value is -2.02. The third kappa shape index (κ3) is 5.99. The van der Waals surface area contributed by atoms with Crippen LogP contribution < -0.4 is 14.8 Å². The maximum atomic E-state index is 5.98. The highest BCUT2D eigenvalue weighted by atomic mass is 79.9. The van der Waals surface area contributed by atoms with Gasteiger partial charge in [0.15, 0.2) is 11.5 Å².